The van der Waals surface area contributed by atoms with E-state index in [1.165, 1.54) is 14.2 Å². The van der Waals surface area contributed by atoms with Crippen LogP contribution < -0.4 is 20.1 Å². The first-order valence-corrected chi connectivity index (χ1v) is 6.46. The van der Waals surface area contributed by atoms with Gasteiger partial charge in [-0.05, 0) is 14.1 Å². The van der Waals surface area contributed by atoms with Crippen LogP contribution >= 0.6 is 11.6 Å². The summed E-state index contributed by atoms with van der Waals surface area (Å²) in [6, 6.07) is 2.90. The zero-order valence-corrected chi connectivity index (χ0v) is 12.9. The lowest BCUT2D eigenvalue weighted by molar-refractivity contribution is 0.250. The summed E-state index contributed by atoms with van der Waals surface area (Å²) in [4.78, 5) is 13.8. The molecule has 0 bridgehead atoms. The summed E-state index contributed by atoms with van der Waals surface area (Å²) in [6.07, 6.45) is 0. The highest BCUT2D eigenvalue weighted by Crippen LogP contribution is 2.35. The summed E-state index contributed by atoms with van der Waals surface area (Å²) in [5.74, 6) is 0.939. The van der Waals surface area contributed by atoms with Crippen molar-refractivity contribution in [1.82, 2.24) is 10.2 Å². The molecule has 0 aliphatic heterocycles. The third-order valence-corrected chi connectivity index (χ3v) is 2.86. The molecule has 2 N–H and O–H groups in total. The quantitative estimate of drug-likeness (QED) is 0.844. The monoisotopic (exact) mass is 301 g/mol. The van der Waals surface area contributed by atoms with Crippen LogP contribution in [0, 0.1) is 0 Å². The predicted molar refractivity (Wildman–Crippen MR) is 80.1 cm³/mol. The maximum absolute atomic E-state index is 11.8. The number of methoxy groups -OCH3 is 2. The number of carbonyl (C=O) groups is 1. The van der Waals surface area contributed by atoms with Crippen molar-refractivity contribution in [3.63, 3.8) is 0 Å². The zero-order chi connectivity index (χ0) is 15.1. The Morgan fingerprint density at radius 3 is 2.45 bits per heavy atom. The average Bonchev–Trinajstić information content (AvgIpc) is 2.39. The van der Waals surface area contributed by atoms with Crippen molar-refractivity contribution in [3.8, 4) is 11.5 Å². The van der Waals surface area contributed by atoms with Gasteiger partial charge in [0.15, 0.2) is 0 Å². The minimum atomic E-state index is -0.311. The fourth-order valence-electron chi connectivity index (χ4n) is 1.52. The summed E-state index contributed by atoms with van der Waals surface area (Å²) in [5.41, 5.74) is 0.496. The Hall–Kier alpha value is -1.66. The standard InChI is InChI=1S/C13H20ClN3O3/c1-17(2)6-5-15-13(18)16-10-8-11(19-3)9(14)7-12(10)20-4/h7-8H,5-6H2,1-4H3,(H2,15,16,18). The van der Waals surface area contributed by atoms with Gasteiger partial charge >= 0.3 is 6.03 Å². The normalized spacial score (nSPS) is 10.3. The molecule has 1 rings (SSSR count). The maximum atomic E-state index is 11.8. The van der Waals surface area contributed by atoms with Crippen molar-refractivity contribution < 1.29 is 14.3 Å². The molecule has 0 fully saturated rings. The van der Waals surface area contributed by atoms with Gasteiger partial charge in [-0.1, -0.05) is 11.6 Å². The van der Waals surface area contributed by atoms with Crippen LogP contribution in [0.1, 0.15) is 0 Å². The molecule has 20 heavy (non-hydrogen) atoms. The van der Waals surface area contributed by atoms with Gasteiger partial charge in [0.2, 0.25) is 0 Å². The molecule has 7 heteroatoms. The predicted octanol–water partition coefficient (Wildman–Crippen LogP) is 2.04. The minimum absolute atomic E-state index is 0.311. The molecule has 0 aliphatic carbocycles. The van der Waals surface area contributed by atoms with E-state index in [0.29, 0.717) is 28.8 Å². The number of urea groups is 1. The van der Waals surface area contributed by atoms with Gasteiger partial charge in [-0.15, -0.1) is 0 Å². The second-order valence-corrected chi connectivity index (χ2v) is 4.78. The molecule has 0 saturated heterocycles. The number of rotatable bonds is 6. The molecule has 0 heterocycles. The summed E-state index contributed by atoms with van der Waals surface area (Å²) in [5, 5.41) is 5.87. The molecular formula is C13H20ClN3O3. The second-order valence-electron chi connectivity index (χ2n) is 4.37. The van der Waals surface area contributed by atoms with Gasteiger partial charge in [-0.25, -0.2) is 4.79 Å². The van der Waals surface area contributed by atoms with E-state index in [9.17, 15) is 4.79 Å². The Bertz CT molecular complexity index is 466. The van der Waals surface area contributed by atoms with E-state index in [0.717, 1.165) is 6.54 Å². The SMILES string of the molecule is COc1cc(NC(=O)NCCN(C)C)c(OC)cc1Cl. The molecule has 0 unspecified atom stereocenters. The topological polar surface area (TPSA) is 62.8 Å². The van der Waals surface area contributed by atoms with Crippen LogP contribution in [0.15, 0.2) is 12.1 Å². The van der Waals surface area contributed by atoms with Gasteiger partial charge in [-0.2, -0.15) is 0 Å². The molecule has 0 aliphatic rings. The Morgan fingerprint density at radius 2 is 1.90 bits per heavy atom. The van der Waals surface area contributed by atoms with Gasteiger partial charge in [0.05, 0.1) is 24.9 Å². The summed E-state index contributed by atoms with van der Waals surface area (Å²) < 4.78 is 10.3. The first-order valence-electron chi connectivity index (χ1n) is 6.09. The van der Waals surface area contributed by atoms with E-state index in [4.69, 9.17) is 21.1 Å². The smallest absolute Gasteiger partial charge is 0.319 e. The zero-order valence-electron chi connectivity index (χ0n) is 12.1. The maximum Gasteiger partial charge on any atom is 0.319 e. The Morgan fingerprint density at radius 1 is 1.25 bits per heavy atom. The van der Waals surface area contributed by atoms with Crippen LogP contribution in [0.25, 0.3) is 0 Å². The van der Waals surface area contributed by atoms with E-state index in [1.807, 2.05) is 19.0 Å². The number of likely N-dealkylation sites (N-methyl/N-ethyl adjacent to an activating group) is 1. The Labute approximate surface area is 124 Å². The van der Waals surface area contributed by atoms with Crippen LogP contribution in [0.4, 0.5) is 10.5 Å². The molecule has 1 aromatic carbocycles. The number of hydrogen-bond acceptors (Lipinski definition) is 4. The average molecular weight is 302 g/mol. The van der Waals surface area contributed by atoms with Crippen LogP contribution in [0.5, 0.6) is 11.5 Å². The lowest BCUT2D eigenvalue weighted by Gasteiger charge is -2.14. The molecular weight excluding hydrogens is 282 g/mol. The lowest BCUT2D eigenvalue weighted by atomic mass is 10.2. The van der Waals surface area contributed by atoms with Crippen molar-refractivity contribution in [2.75, 3.05) is 46.7 Å². The summed E-state index contributed by atoms with van der Waals surface area (Å²) in [7, 11) is 6.89. The highest BCUT2D eigenvalue weighted by atomic mass is 35.5. The Balaban J connectivity index is 2.72. The third kappa shape index (κ3) is 4.79. The molecule has 6 nitrogen and oxygen atoms in total. The Kier molecular flexibility index (Phi) is 6.41. The number of nitrogens with zero attached hydrogens (tertiary/aromatic N) is 1. The van der Waals surface area contributed by atoms with Gasteiger partial charge in [0, 0.05) is 25.2 Å². The summed E-state index contributed by atoms with van der Waals surface area (Å²) in [6.45, 7) is 1.31. The first kappa shape index (κ1) is 16.4. The highest BCUT2D eigenvalue weighted by molar-refractivity contribution is 6.32. The number of halogens is 1. The van der Waals surface area contributed by atoms with E-state index in [2.05, 4.69) is 10.6 Å². The van der Waals surface area contributed by atoms with E-state index >= 15 is 0 Å². The van der Waals surface area contributed by atoms with Gasteiger partial charge in [0.1, 0.15) is 11.5 Å². The van der Waals surface area contributed by atoms with Gasteiger partial charge in [0.25, 0.3) is 0 Å². The molecule has 0 radical (unpaired) electrons. The molecule has 0 atom stereocenters. The number of hydrogen-bond donors (Lipinski definition) is 2. The number of ether oxygens (including phenoxy) is 2. The third-order valence-electron chi connectivity index (χ3n) is 2.57. The van der Waals surface area contributed by atoms with Gasteiger partial charge in [-0.3, -0.25) is 0 Å². The van der Waals surface area contributed by atoms with Gasteiger partial charge < -0.3 is 25.0 Å². The van der Waals surface area contributed by atoms with Crippen molar-refractivity contribution in [2.45, 2.75) is 0 Å². The fraction of sp³-hybridized carbons (Fsp3) is 0.462. The lowest BCUT2D eigenvalue weighted by Crippen LogP contribution is -2.34. The number of amides is 2. The van der Waals surface area contributed by atoms with E-state index < -0.39 is 0 Å². The van der Waals surface area contributed by atoms with Crippen molar-refractivity contribution >= 4 is 23.3 Å². The highest BCUT2D eigenvalue weighted by Gasteiger charge is 2.12. The molecule has 2 amide bonds. The number of benzene rings is 1. The number of anilines is 1. The minimum Gasteiger partial charge on any atom is -0.495 e. The molecule has 0 spiro atoms. The summed E-state index contributed by atoms with van der Waals surface area (Å²) >= 11 is 6.00. The second kappa shape index (κ2) is 7.81. The number of carbonyl (C=O) groups excluding carboxylic acids is 1. The molecule has 0 aromatic heterocycles. The fourth-order valence-corrected chi connectivity index (χ4v) is 1.75. The van der Waals surface area contributed by atoms with Crippen LogP contribution in [0.2, 0.25) is 5.02 Å². The van der Waals surface area contributed by atoms with Crippen LogP contribution in [-0.2, 0) is 0 Å². The number of nitrogens with one attached hydrogen (secondary N) is 2. The van der Waals surface area contributed by atoms with Crippen molar-refractivity contribution in [1.29, 1.82) is 0 Å². The van der Waals surface area contributed by atoms with Crippen LogP contribution in [-0.4, -0.2) is 52.3 Å². The van der Waals surface area contributed by atoms with Crippen molar-refractivity contribution in [2.24, 2.45) is 0 Å². The first-order chi connectivity index (χ1) is 9.47. The van der Waals surface area contributed by atoms with E-state index in [-0.39, 0.29) is 6.03 Å². The van der Waals surface area contributed by atoms with Crippen molar-refractivity contribution in [3.05, 3.63) is 17.2 Å². The van der Waals surface area contributed by atoms with E-state index in [1.54, 1.807) is 12.1 Å². The molecule has 112 valence electrons. The molecule has 0 saturated carbocycles. The van der Waals surface area contributed by atoms with Crippen LogP contribution in [0.3, 0.4) is 0 Å². The largest absolute Gasteiger partial charge is 0.495 e. The molecule has 1 aromatic rings.